The summed E-state index contributed by atoms with van der Waals surface area (Å²) in [5, 5.41) is 2.95. The number of pyridine rings is 2. The van der Waals surface area contributed by atoms with Crippen LogP contribution in [0.2, 0.25) is 0 Å². The summed E-state index contributed by atoms with van der Waals surface area (Å²) in [5.41, 5.74) is 3.70. The molecular weight excluding hydrogens is 400 g/mol. The van der Waals surface area contributed by atoms with Crippen LogP contribution < -0.4 is 5.32 Å². The van der Waals surface area contributed by atoms with Crippen molar-refractivity contribution in [2.75, 3.05) is 6.54 Å². The molecule has 1 atom stereocenters. The summed E-state index contributed by atoms with van der Waals surface area (Å²) in [4.78, 5) is 28.4. The highest BCUT2D eigenvalue weighted by Crippen LogP contribution is 2.32. The summed E-state index contributed by atoms with van der Waals surface area (Å²) in [6, 6.07) is 18.1. The second kappa shape index (κ2) is 9.11. The predicted octanol–water partition coefficient (Wildman–Crippen LogP) is 3.21. The molecule has 0 fully saturated rings. The molecule has 0 radical (unpaired) electrons. The average molecular weight is 425 g/mol. The molecule has 4 heterocycles. The molecule has 4 aromatic rings. The zero-order valence-corrected chi connectivity index (χ0v) is 17.6. The summed E-state index contributed by atoms with van der Waals surface area (Å²) in [7, 11) is 0. The van der Waals surface area contributed by atoms with E-state index >= 15 is 0 Å². The SMILES string of the molecule is O=C(NCc1cccnc1)c1cn2c(n1)C(c1ccccc1)N(Cc1cccnc1)CC2. The van der Waals surface area contributed by atoms with Crippen molar-refractivity contribution in [3.63, 3.8) is 0 Å². The van der Waals surface area contributed by atoms with Gasteiger partial charge < -0.3 is 9.88 Å². The van der Waals surface area contributed by atoms with Gasteiger partial charge in [0.1, 0.15) is 11.5 Å². The number of rotatable bonds is 6. The lowest BCUT2D eigenvalue weighted by molar-refractivity contribution is 0.0946. The van der Waals surface area contributed by atoms with Crippen LogP contribution in [0.15, 0.2) is 85.6 Å². The van der Waals surface area contributed by atoms with Crippen LogP contribution in [-0.4, -0.2) is 36.9 Å². The monoisotopic (exact) mass is 424 g/mol. The Hall–Kier alpha value is -3.84. The number of benzene rings is 1. The molecule has 0 aliphatic carbocycles. The number of amides is 1. The molecular formula is C25H24N6O. The summed E-state index contributed by atoms with van der Waals surface area (Å²) in [6.45, 7) is 2.82. The number of hydrogen-bond acceptors (Lipinski definition) is 5. The molecule has 1 aliphatic heterocycles. The topological polar surface area (TPSA) is 75.9 Å². The standard InChI is InChI=1S/C25H24N6O/c32-25(28-16-19-6-4-10-26-14-19)22-18-31-13-12-30(17-20-7-5-11-27-15-20)23(24(31)29-22)21-8-2-1-3-9-21/h1-11,14-15,18,23H,12-13,16-17H2,(H,28,32). The smallest absolute Gasteiger partial charge is 0.271 e. The van der Waals surface area contributed by atoms with E-state index in [0.29, 0.717) is 12.2 Å². The van der Waals surface area contributed by atoms with Crippen LogP contribution in [0.25, 0.3) is 0 Å². The van der Waals surface area contributed by atoms with Gasteiger partial charge in [0, 0.05) is 57.2 Å². The zero-order chi connectivity index (χ0) is 21.8. The number of imidazole rings is 1. The summed E-state index contributed by atoms with van der Waals surface area (Å²) >= 11 is 0. The van der Waals surface area contributed by atoms with Crippen LogP contribution in [-0.2, 0) is 19.6 Å². The average Bonchev–Trinajstić information content (AvgIpc) is 3.29. The van der Waals surface area contributed by atoms with Crippen molar-refractivity contribution in [2.24, 2.45) is 0 Å². The fourth-order valence-electron chi connectivity index (χ4n) is 4.13. The van der Waals surface area contributed by atoms with E-state index in [1.165, 1.54) is 0 Å². The largest absolute Gasteiger partial charge is 0.347 e. The van der Waals surface area contributed by atoms with Crippen molar-refractivity contribution in [1.82, 2.24) is 29.7 Å². The van der Waals surface area contributed by atoms with Gasteiger partial charge in [-0.25, -0.2) is 4.98 Å². The van der Waals surface area contributed by atoms with Gasteiger partial charge in [0.2, 0.25) is 0 Å². The lowest BCUT2D eigenvalue weighted by atomic mass is 10.0. The molecule has 32 heavy (non-hydrogen) atoms. The van der Waals surface area contributed by atoms with E-state index in [9.17, 15) is 4.79 Å². The molecule has 7 heteroatoms. The van der Waals surface area contributed by atoms with E-state index < -0.39 is 0 Å². The molecule has 7 nitrogen and oxygen atoms in total. The van der Waals surface area contributed by atoms with Crippen LogP contribution in [0.1, 0.15) is 39.0 Å². The third kappa shape index (κ3) is 4.29. The Morgan fingerprint density at radius 2 is 1.69 bits per heavy atom. The van der Waals surface area contributed by atoms with E-state index in [1.807, 2.05) is 48.8 Å². The second-order valence-electron chi connectivity index (χ2n) is 7.87. The van der Waals surface area contributed by atoms with Gasteiger partial charge in [-0.15, -0.1) is 0 Å². The molecule has 0 saturated heterocycles. The van der Waals surface area contributed by atoms with Crippen molar-refractivity contribution in [2.45, 2.75) is 25.7 Å². The van der Waals surface area contributed by atoms with E-state index in [1.54, 1.807) is 18.6 Å². The Morgan fingerprint density at radius 1 is 0.938 bits per heavy atom. The Balaban J connectivity index is 1.41. The molecule has 160 valence electrons. The number of aromatic nitrogens is 4. The number of carbonyl (C=O) groups is 1. The summed E-state index contributed by atoms with van der Waals surface area (Å²) < 4.78 is 2.11. The van der Waals surface area contributed by atoms with Gasteiger partial charge in [0.15, 0.2) is 0 Å². The van der Waals surface area contributed by atoms with Crippen molar-refractivity contribution in [3.05, 3.63) is 114 Å². The van der Waals surface area contributed by atoms with E-state index in [-0.39, 0.29) is 11.9 Å². The van der Waals surface area contributed by atoms with Gasteiger partial charge in [-0.1, -0.05) is 42.5 Å². The molecule has 1 unspecified atom stereocenters. The Bertz CT molecular complexity index is 1180. The van der Waals surface area contributed by atoms with E-state index in [0.717, 1.165) is 42.1 Å². The number of nitrogens with one attached hydrogen (secondary N) is 1. The second-order valence-corrected chi connectivity index (χ2v) is 7.87. The normalized spacial score (nSPS) is 15.8. The molecule has 0 spiro atoms. The lowest BCUT2D eigenvalue weighted by Crippen LogP contribution is -2.38. The fourth-order valence-corrected chi connectivity index (χ4v) is 4.13. The third-order valence-electron chi connectivity index (χ3n) is 5.68. The Labute approximate surface area is 186 Å². The maximum atomic E-state index is 12.8. The highest BCUT2D eigenvalue weighted by Gasteiger charge is 2.32. The number of hydrogen-bond donors (Lipinski definition) is 1. The van der Waals surface area contributed by atoms with E-state index in [4.69, 9.17) is 4.98 Å². The van der Waals surface area contributed by atoms with Gasteiger partial charge in [0.05, 0.1) is 6.04 Å². The summed E-state index contributed by atoms with van der Waals surface area (Å²) in [6.07, 6.45) is 9.03. The van der Waals surface area contributed by atoms with Crippen LogP contribution >= 0.6 is 0 Å². The number of nitrogens with zero attached hydrogens (tertiary/aromatic N) is 5. The molecule has 1 aromatic carbocycles. The molecule has 1 amide bonds. The van der Waals surface area contributed by atoms with Gasteiger partial charge >= 0.3 is 0 Å². The van der Waals surface area contributed by atoms with Crippen molar-refractivity contribution >= 4 is 5.91 Å². The van der Waals surface area contributed by atoms with Crippen LogP contribution in [0.5, 0.6) is 0 Å². The molecule has 0 bridgehead atoms. The number of fused-ring (bicyclic) bond motifs is 1. The molecule has 3 aromatic heterocycles. The summed E-state index contributed by atoms with van der Waals surface area (Å²) in [5.74, 6) is 0.708. The minimum absolute atomic E-state index is 0.0370. The van der Waals surface area contributed by atoms with Crippen LogP contribution in [0, 0.1) is 0 Å². The van der Waals surface area contributed by atoms with Gasteiger partial charge in [-0.05, 0) is 28.8 Å². The fraction of sp³-hybridized carbons (Fsp3) is 0.200. The maximum absolute atomic E-state index is 12.8. The first kappa shape index (κ1) is 20.1. The van der Waals surface area contributed by atoms with Crippen LogP contribution in [0.4, 0.5) is 0 Å². The highest BCUT2D eigenvalue weighted by molar-refractivity contribution is 5.92. The predicted molar refractivity (Wildman–Crippen MR) is 121 cm³/mol. The van der Waals surface area contributed by atoms with Crippen molar-refractivity contribution in [1.29, 1.82) is 0 Å². The van der Waals surface area contributed by atoms with Crippen LogP contribution in [0.3, 0.4) is 0 Å². The third-order valence-corrected chi connectivity index (χ3v) is 5.68. The quantitative estimate of drug-likeness (QED) is 0.514. The minimum Gasteiger partial charge on any atom is -0.347 e. The molecule has 1 N–H and O–H groups in total. The van der Waals surface area contributed by atoms with Gasteiger partial charge in [-0.3, -0.25) is 19.7 Å². The lowest BCUT2D eigenvalue weighted by Gasteiger charge is -2.36. The van der Waals surface area contributed by atoms with E-state index in [2.05, 4.69) is 43.0 Å². The first-order chi connectivity index (χ1) is 15.8. The maximum Gasteiger partial charge on any atom is 0.271 e. The highest BCUT2D eigenvalue weighted by atomic mass is 16.1. The first-order valence-electron chi connectivity index (χ1n) is 10.7. The Kier molecular flexibility index (Phi) is 5.72. The van der Waals surface area contributed by atoms with Crippen molar-refractivity contribution < 1.29 is 4.79 Å². The first-order valence-corrected chi connectivity index (χ1v) is 10.7. The van der Waals surface area contributed by atoms with Gasteiger partial charge in [0.25, 0.3) is 5.91 Å². The minimum atomic E-state index is -0.179. The molecule has 1 aliphatic rings. The van der Waals surface area contributed by atoms with Gasteiger partial charge in [-0.2, -0.15) is 0 Å². The zero-order valence-electron chi connectivity index (χ0n) is 17.6. The molecule has 5 rings (SSSR count). The number of carbonyl (C=O) groups excluding carboxylic acids is 1. The Morgan fingerprint density at radius 3 is 2.41 bits per heavy atom. The van der Waals surface area contributed by atoms with Crippen molar-refractivity contribution in [3.8, 4) is 0 Å². The molecule has 0 saturated carbocycles.